The zero-order valence-corrected chi connectivity index (χ0v) is 11.0. The Morgan fingerprint density at radius 1 is 1.59 bits per heavy atom. The third-order valence-electron chi connectivity index (χ3n) is 3.04. The number of carbonyl (C=O) groups excluding carboxylic acids is 1. The average molecular weight is 254 g/mol. The molecule has 1 amide bonds. The van der Waals surface area contributed by atoms with Crippen molar-refractivity contribution < 1.29 is 4.79 Å². The lowest BCUT2D eigenvalue weighted by atomic mass is 10.2. The predicted octanol–water partition coefficient (Wildman–Crippen LogP) is 0.891. The summed E-state index contributed by atoms with van der Waals surface area (Å²) in [6.07, 6.45) is 2.59. The number of aromatic nitrogens is 1. The summed E-state index contributed by atoms with van der Waals surface area (Å²) < 4.78 is 0. The van der Waals surface area contributed by atoms with Gasteiger partial charge in [-0.3, -0.25) is 4.79 Å². The van der Waals surface area contributed by atoms with Gasteiger partial charge in [-0.25, -0.2) is 4.98 Å². The average Bonchev–Trinajstić information content (AvgIpc) is 2.62. The number of thiazole rings is 1. The first-order valence-corrected chi connectivity index (χ1v) is 6.60. The lowest BCUT2D eigenvalue weighted by Crippen LogP contribution is -2.41. The van der Waals surface area contributed by atoms with E-state index >= 15 is 0 Å². The van der Waals surface area contributed by atoms with Gasteiger partial charge in [-0.05, 0) is 26.9 Å². The Morgan fingerprint density at radius 3 is 3.00 bits per heavy atom. The second-order valence-corrected chi connectivity index (χ2v) is 5.59. The fourth-order valence-corrected chi connectivity index (χ4v) is 2.84. The molecule has 2 N–H and O–H groups in total. The lowest BCUT2D eigenvalue weighted by molar-refractivity contribution is 0.0701. The standard InChI is InChI=1S/C11H18N4OS/c1-8-7-14(2)4-3-5-15(8)10(16)9-6-13-11(12)17-9/h6,8H,3-5,7H2,1-2H3,(H2,12,13)/t8-/m0/s1. The summed E-state index contributed by atoms with van der Waals surface area (Å²) in [4.78, 5) is 21.1. The Bertz CT molecular complexity index is 406. The monoisotopic (exact) mass is 254 g/mol. The van der Waals surface area contributed by atoms with E-state index < -0.39 is 0 Å². The van der Waals surface area contributed by atoms with E-state index in [-0.39, 0.29) is 11.9 Å². The predicted molar refractivity (Wildman–Crippen MR) is 69.1 cm³/mol. The van der Waals surface area contributed by atoms with Gasteiger partial charge in [0.05, 0.1) is 6.20 Å². The van der Waals surface area contributed by atoms with E-state index in [9.17, 15) is 4.79 Å². The minimum atomic E-state index is 0.0574. The molecule has 0 bridgehead atoms. The molecule has 0 aliphatic carbocycles. The summed E-state index contributed by atoms with van der Waals surface area (Å²) in [6.45, 7) is 4.85. The molecular formula is C11H18N4OS. The van der Waals surface area contributed by atoms with Gasteiger partial charge in [-0.2, -0.15) is 0 Å². The third-order valence-corrected chi connectivity index (χ3v) is 3.86. The van der Waals surface area contributed by atoms with E-state index in [2.05, 4.69) is 23.9 Å². The molecule has 1 saturated heterocycles. The molecule has 0 aromatic carbocycles. The first kappa shape index (κ1) is 12.3. The van der Waals surface area contributed by atoms with Gasteiger partial charge in [-0.15, -0.1) is 0 Å². The molecular weight excluding hydrogens is 236 g/mol. The van der Waals surface area contributed by atoms with Crippen LogP contribution in [-0.4, -0.2) is 53.4 Å². The van der Waals surface area contributed by atoms with Crippen LogP contribution in [0.4, 0.5) is 5.13 Å². The number of likely N-dealkylation sites (N-methyl/N-ethyl adjacent to an activating group) is 1. The largest absolute Gasteiger partial charge is 0.375 e. The second-order valence-electron chi connectivity index (χ2n) is 4.53. The van der Waals surface area contributed by atoms with Gasteiger partial charge in [0.25, 0.3) is 5.91 Å². The highest BCUT2D eigenvalue weighted by atomic mass is 32.1. The Balaban J connectivity index is 2.12. The Morgan fingerprint density at radius 2 is 2.35 bits per heavy atom. The van der Waals surface area contributed by atoms with Crippen LogP contribution in [0.5, 0.6) is 0 Å². The molecule has 1 atom stereocenters. The number of nitrogen functional groups attached to an aromatic ring is 1. The van der Waals surface area contributed by atoms with Gasteiger partial charge >= 0.3 is 0 Å². The zero-order valence-electron chi connectivity index (χ0n) is 10.2. The summed E-state index contributed by atoms with van der Waals surface area (Å²) in [7, 11) is 2.09. The normalized spacial score (nSPS) is 22.5. The Labute approximate surface area is 105 Å². The smallest absolute Gasteiger partial charge is 0.265 e. The van der Waals surface area contributed by atoms with Crippen molar-refractivity contribution in [2.75, 3.05) is 32.4 Å². The van der Waals surface area contributed by atoms with Crippen molar-refractivity contribution in [2.45, 2.75) is 19.4 Å². The minimum Gasteiger partial charge on any atom is -0.375 e. The van der Waals surface area contributed by atoms with Gasteiger partial charge < -0.3 is 15.5 Å². The van der Waals surface area contributed by atoms with Crippen molar-refractivity contribution in [3.05, 3.63) is 11.1 Å². The first-order chi connectivity index (χ1) is 8.08. The second kappa shape index (κ2) is 5.01. The number of amides is 1. The topological polar surface area (TPSA) is 62.5 Å². The van der Waals surface area contributed by atoms with Crippen molar-refractivity contribution in [3.63, 3.8) is 0 Å². The van der Waals surface area contributed by atoms with Crippen LogP contribution in [0, 0.1) is 0 Å². The van der Waals surface area contributed by atoms with Gasteiger partial charge in [0.15, 0.2) is 5.13 Å². The molecule has 1 aliphatic heterocycles. The molecule has 0 saturated carbocycles. The van der Waals surface area contributed by atoms with Gasteiger partial charge in [0.2, 0.25) is 0 Å². The summed E-state index contributed by atoms with van der Waals surface area (Å²) in [5, 5.41) is 0.452. The van der Waals surface area contributed by atoms with Crippen LogP contribution < -0.4 is 5.73 Å². The molecule has 6 heteroatoms. The third kappa shape index (κ3) is 2.76. The number of anilines is 1. The van der Waals surface area contributed by atoms with Crippen LogP contribution in [0.2, 0.25) is 0 Å². The van der Waals surface area contributed by atoms with Crippen LogP contribution in [0.25, 0.3) is 0 Å². The molecule has 1 fully saturated rings. The molecule has 0 spiro atoms. The van der Waals surface area contributed by atoms with Crippen LogP contribution in [0.15, 0.2) is 6.20 Å². The van der Waals surface area contributed by atoms with Gasteiger partial charge in [0.1, 0.15) is 4.88 Å². The van der Waals surface area contributed by atoms with Crippen LogP contribution in [-0.2, 0) is 0 Å². The van der Waals surface area contributed by atoms with Crippen molar-refractivity contribution in [3.8, 4) is 0 Å². The van der Waals surface area contributed by atoms with Crippen LogP contribution in [0.3, 0.4) is 0 Å². The maximum atomic E-state index is 12.3. The van der Waals surface area contributed by atoms with Gasteiger partial charge in [0, 0.05) is 19.1 Å². The molecule has 17 heavy (non-hydrogen) atoms. The molecule has 1 aromatic heterocycles. The Hall–Kier alpha value is -1.14. The van der Waals surface area contributed by atoms with Crippen LogP contribution >= 0.6 is 11.3 Å². The first-order valence-electron chi connectivity index (χ1n) is 5.78. The zero-order chi connectivity index (χ0) is 12.4. The van der Waals surface area contributed by atoms with Crippen molar-refractivity contribution >= 4 is 22.4 Å². The molecule has 0 unspecified atom stereocenters. The summed E-state index contributed by atoms with van der Waals surface area (Å²) in [5.41, 5.74) is 5.56. The van der Waals surface area contributed by atoms with E-state index in [1.165, 1.54) is 11.3 Å². The lowest BCUT2D eigenvalue weighted by Gasteiger charge is -2.27. The highest BCUT2D eigenvalue weighted by molar-refractivity contribution is 7.17. The molecule has 2 heterocycles. The number of hydrogen-bond donors (Lipinski definition) is 1. The minimum absolute atomic E-state index is 0.0574. The maximum Gasteiger partial charge on any atom is 0.265 e. The van der Waals surface area contributed by atoms with E-state index in [4.69, 9.17) is 5.73 Å². The quantitative estimate of drug-likeness (QED) is 0.808. The summed E-state index contributed by atoms with van der Waals surface area (Å²) >= 11 is 1.26. The number of hydrogen-bond acceptors (Lipinski definition) is 5. The van der Waals surface area contributed by atoms with E-state index in [1.807, 2.05) is 4.90 Å². The van der Waals surface area contributed by atoms with E-state index in [0.29, 0.717) is 10.0 Å². The molecule has 5 nitrogen and oxygen atoms in total. The SMILES string of the molecule is C[C@H]1CN(C)CCCN1C(=O)c1cnc(N)s1. The Kier molecular flexibility index (Phi) is 3.63. The maximum absolute atomic E-state index is 12.3. The number of carbonyl (C=O) groups is 1. The highest BCUT2D eigenvalue weighted by Gasteiger charge is 2.25. The fraction of sp³-hybridized carbons (Fsp3) is 0.636. The molecule has 1 aromatic rings. The van der Waals surface area contributed by atoms with Gasteiger partial charge in [-0.1, -0.05) is 11.3 Å². The summed E-state index contributed by atoms with van der Waals surface area (Å²) in [5.74, 6) is 0.0574. The number of rotatable bonds is 1. The fourth-order valence-electron chi connectivity index (χ4n) is 2.20. The van der Waals surface area contributed by atoms with Crippen molar-refractivity contribution in [1.82, 2.24) is 14.8 Å². The van der Waals surface area contributed by atoms with Crippen molar-refractivity contribution in [1.29, 1.82) is 0 Å². The molecule has 94 valence electrons. The highest BCUT2D eigenvalue weighted by Crippen LogP contribution is 2.19. The molecule has 1 aliphatic rings. The van der Waals surface area contributed by atoms with Crippen LogP contribution in [0.1, 0.15) is 23.0 Å². The number of nitrogens with zero attached hydrogens (tertiary/aromatic N) is 3. The summed E-state index contributed by atoms with van der Waals surface area (Å²) in [6, 6.07) is 0.235. The molecule has 0 radical (unpaired) electrons. The molecule has 2 rings (SSSR count). The number of nitrogens with two attached hydrogens (primary N) is 1. The van der Waals surface area contributed by atoms with Crippen molar-refractivity contribution in [2.24, 2.45) is 0 Å². The van der Waals surface area contributed by atoms with E-state index in [1.54, 1.807) is 6.20 Å². The van der Waals surface area contributed by atoms with E-state index in [0.717, 1.165) is 26.1 Å².